The lowest BCUT2D eigenvalue weighted by Gasteiger charge is -2.44. The largest absolute Gasteiger partial charge is 0.481 e. The average Bonchev–Trinajstić information content (AvgIpc) is 2.42. The first-order chi connectivity index (χ1) is 9.49. The van der Waals surface area contributed by atoms with Gasteiger partial charge < -0.3 is 19.9 Å². The standard InChI is InChI=1S/C13H22N2O4S/c1-7-6-15-9-5-10(20-19-12(9)8(7)2)13(18)14-4-3-11(16)17/h7-10,12,15H,3-6H2,1-2H3,(H,14,18)(H,16,17). The maximum absolute atomic E-state index is 12.0. The van der Waals surface area contributed by atoms with Crippen molar-refractivity contribution in [1.82, 2.24) is 10.6 Å². The minimum Gasteiger partial charge on any atom is -0.481 e. The zero-order valence-corrected chi connectivity index (χ0v) is 12.6. The van der Waals surface area contributed by atoms with Crippen LogP contribution in [0.2, 0.25) is 0 Å². The highest BCUT2D eigenvalue weighted by atomic mass is 32.2. The van der Waals surface area contributed by atoms with Crippen molar-refractivity contribution >= 4 is 23.9 Å². The number of fused-ring (bicyclic) bond motifs is 1. The molecule has 2 heterocycles. The van der Waals surface area contributed by atoms with Crippen molar-refractivity contribution in [2.24, 2.45) is 11.8 Å². The Morgan fingerprint density at radius 1 is 1.45 bits per heavy atom. The highest BCUT2D eigenvalue weighted by Crippen LogP contribution is 2.36. The molecule has 5 atom stereocenters. The molecule has 0 aliphatic carbocycles. The molecule has 7 heteroatoms. The minimum atomic E-state index is -0.908. The van der Waals surface area contributed by atoms with Gasteiger partial charge in [0.2, 0.25) is 5.91 Å². The lowest BCUT2D eigenvalue weighted by molar-refractivity contribution is -0.136. The van der Waals surface area contributed by atoms with Gasteiger partial charge in [0.15, 0.2) is 0 Å². The number of carbonyl (C=O) groups excluding carboxylic acids is 1. The second kappa shape index (κ2) is 6.78. The number of carbonyl (C=O) groups is 2. The van der Waals surface area contributed by atoms with Crippen LogP contribution >= 0.6 is 12.0 Å². The van der Waals surface area contributed by atoms with Gasteiger partial charge in [-0.2, -0.15) is 0 Å². The molecule has 2 aliphatic rings. The Morgan fingerprint density at radius 2 is 2.20 bits per heavy atom. The van der Waals surface area contributed by atoms with E-state index in [9.17, 15) is 9.59 Å². The molecule has 0 saturated carbocycles. The zero-order valence-electron chi connectivity index (χ0n) is 11.8. The number of piperidine rings is 1. The molecule has 2 fully saturated rings. The molecule has 20 heavy (non-hydrogen) atoms. The predicted molar refractivity (Wildman–Crippen MR) is 76.3 cm³/mol. The van der Waals surface area contributed by atoms with Gasteiger partial charge in [-0.3, -0.25) is 9.59 Å². The van der Waals surface area contributed by atoms with Crippen LogP contribution in [0.1, 0.15) is 26.7 Å². The molecule has 5 unspecified atom stereocenters. The zero-order chi connectivity index (χ0) is 14.7. The Hall–Kier alpha value is -0.790. The van der Waals surface area contributed by atoms with Gasteiger partial charge in [-0.15, -0.1) is 0 Å². The van der Waals surface area contributed by atoms with E-state index in [1.54, 1.807) is 0 Å². The Balaban J connectivity index is 1.82. The van der Waals surface area contributed by atoms with Crippen LogP contribution in [0.25, 0.3) is 0 Å². The van der Waals surface area contributed by atoms with Crippen LogP contribution in [0.4, 0.5) is 0 Å². The van der Waals surface area contributed by atoms with E-state index in [0.717, 1.165) is 13.0 Å². The van der Waals surface area contributed by atoms with Crippen LogP contribution in [0.3, 0.4) is 0 Å². The second-order valence-corrected chi connectivity index (χ2v) is 6.62. The molecule has 0 spiro atoms. The van der Waals surface area contributed by atoms with Gasteiger partial charge >= 0.3 is 5.97 Å². The molecule has 0 aromatic heterocycles. The molecule has 6 nitrogen and oxygen atoms in total. The monoisotopic (exact) mass is 302 g/mol. The maximum Gasteiger partial charge on any atom is 0.305 e. The Morgan fingerprint density at radius 3 is 2.90 bits per heavy atom. The van der Waals surface area contributed by atoms with Gasteiger partial charge in [0.25, 0.3) is 0 Å². The van der Waals surface area contributed by atoms with Gasteiger partial charge in [-0.1, -0.05) is 13.8 Å². The van der Waals surface area contributed by atoms with Gasteiger partial charge in [0.1, 0.15) is 5.25 Å². The number of carboxylic acid groups (broad SMARTS) is 1. The number of aliphatic carboxylic acids is 1. The molecule has 0 bridgehead atoms. The first-order valence-electron chi connectivity index (χ1n) is 7.04. The summed E-state index contributed by atoms with van der Waals surface area (Å²) in [5.41, 5.74) is 0. The summed E-state index contributed by atoms with van der Waals surface area (Å²) in [6.45, 7) is 5.51. The van der Waals surface area contributed by atoms with Crippen LogP contribution < -0.4 is 10.6 Å². The van der Waals surface area contributed by atoms with Crippen molar-refractivity contribution in [1.29, 1.82) is 0 Å². The van der Waals surface area contributed by atoms with Crippen LogP contribution in [-0.4, -0.2) is 47.5 Å². The van der Waals surface area contributed by atoms with Crippen LogP contribution in [-0.2, 0) is 13.8 Å². The lowest BCUT2D eigenvalue weighted by atomic mass is 9.81. The van der Waals surface area contributed by atoms with E-state index in [1.807, 2.05) is 0 Å². The molecular formula is C13H22N2O4S. The minimum absolute atomic E-state index is 0.0527. The highest BCUT2D eigenvalue weighted by molar-refractivity contribution is 7.96. The number of hydrogen-bond donors (Lipinski definition) is 3. The summed E-state index contributed by atoms with van der Waals surface area (Å²) in [4.78, 5) is 22.4. The van der Waals surface area contributed by atoms with Crippen LogP contribution in [0, 0.1) is 11.8 Å². The normalized spacial score (nSPS) is 37.0. The van der Waals surface area contributed by atoms with Crippen molar-refractivity contribution in [3.8, 4) is 0 Å². The SMILES string of the molecule is CC1CNC2CC(C(=O)NCCC(=O)O)SOC2C1C. The topological polar surface area (TPSA) is 87.7 Å². The number of amides is 1. The fourth-order valence-electron chi connectivity index (χ4n) is 2.66. The van der Waals surface area contributed by atoms with Gasteiger partial charge in [-0.05, 0) is 24.8 Å². The van der Waals surface area contributed by atoms with E-state index < -0.39 is 5.97 Å². The summed E-state index contributed by atoms with van der Waals surface area (Å²) >= 11 is 1.22. The van der Waals surface area contributed by atoms with Crippen LogP contribution in [0.15, 0.2) is 0 Å². The number of hydrogen-bond acceptors (Lipinski definition) is 5. The summed E-state index contributed by atoms with van der Waals surface area (Å²) < 4.78 is 5.80. The second-order valence-electron chi connectivity index (χ2n) is 5.67. The van der Waals surface area contributed by atoms with E-state index in [2.05, 4.69) is 24.5 Å². The summed E-state index contributed by atoms with van der Waals surface area (Å²) in [6, 6.07) is 0.206. The summed E-state index contributed by atoms with van der Waals surface area (Å²) in [5, 5.41) is 14.4. The third kappa shape index (κ3) is 3.65. The fourth-order valence-corrected chi connectivity index (χ4v) is 3.69. The predicted octanol–water partition coefficient (Wildman–Crippen LogP) is 0.627. The first-order valence-corrected chi connectivity index (χ1v) is 7.84. The van der Waals surface area contributed by atoms with E-state index in [4.69, 9.17) is 9.29 Å². The van der Waals surface area contributed by atoms with Crippen molar-refractivity contribution in [2.45, 2.75) is 44.1 Å². The molecule has 0 aromatic carbocycles. The van der Waals surface area contributed by atoms with E-state index >= 15 is 0 Å². The Kier molecular flexibility index (Phi) is 5.29. The molecule has 0 aromatic rings. The Bertz CT molecular complexity index is 379. The molecule has 2 rings (SSSR count). The van der Waals surface area contributed by atoms with E-state index in [1.165, 1.54) is 12.0 Å². The maximum atomic E-state index is 12.0. The molecule has 3 N–H and O–H groups in total. The van der Waals surface area contributed by atoms with Crippen molar-refractivity contribution in [3.05, 3.63) is 0 Å². The van der Waals surface area contributed by atoms with E-state index in [-0.39, 0.29) is 36.3 Å². The lowest BCUT2D eigenvalue weighted by Crippen LogP contribution is -2.57. The number of carboxylic acids is 1. The molecule has 2 saturated heterocycles. The molecule has 1 amide bonds. The third-order valence-corrected chi connectivity index (χ3v) is 5.17. The van der Waals surface area contributed by atoms with Gasteiger partial charge in [-0.25, -0.2) is 0 Å². The van der Waals surface area contributed by atoms with Crippen LogP contribution in [0.5, 0.6) is 0 Å². The van der Waals surface area contributed by atoms with Crippen molar-refractivity contribution in [2.75, 3.05) is 13.1 Å². The number of nitrogens with one attached hydrogen (secondary N) is 2. The van der Waals surface area contributed by atoms with Crippen molar-refractivity contribution < 1.29 is 18.9 Å². The molecule has 0 radical (unpaired) electrons. The Labute approximate surface area is 123 Å². The fraction of sp³-hybridized carbons (Fsp3) is 0.846. The highest BCUT2D eigenvalue weighted by Gasteiger charge is 2.42. The van der Waals surface area contributed by atoms with Gasteiger partial charge in [0.05, 0.1) is 12.5 Å². The molecular weight excluding hydrogens is 280 g/mol. The third-order valence-electron chi connectivity index (χ3n) is 4.20. The van der Waals surface area contributed by atoms with Crippen molar-refractivity contribution in [3.63, 3.8) is 0 Å². The first kappa shape index (κ1) is 15.6. The smallest absolute Gasteiger partial charge is 0.305 e. The number of rotatable bonds is 4. The van der Waals surface area contributed by atoms with Gasteiger partial charge in [0, 0.05) is 24.6 Å². The quantitative estimate of drug-likeness (QED) is 0.660. The molecule has 2 aliphatic heterocycles. The summed E-state index contributed by atoms with van der Waals surface area (Å²) in [7, 11) is 0. The van der Waals surface area contributed by atoms with E-state index in [0.29, 0.717) is 11.8 Å². The summed E-state index contributed by atoms with van der Waals surface area (Å²) in [5.74, 6) is 0.00000981. The average molecular weight is 302 g/mol. The summed E-state index contributed by atoms with van der Waals surface area (Å²) in [6.07, 6.45) is 0.820. The molecule has 114 valence electrons.